The zero-order valence-corrected chi connectivity index (χ0v) is 23.1. The van der Waals surface area contributed by atoms with Crippen LogP contribution in [0, 0.1) is 5.82 Å². The van der Waals surface area contributed by atoms with E-state index in [0.717, 1.165) is 32.0 Å². The minimum Gasteiger partial charge on any atom is -0.474 e. The number of piperidine rings is 1. The summed E-state index contributed by atoms with van der Waals surface area (Å²) in [7, 11) is -2.11. The number of aromatic nitrogens is 3. The third-order valence-electron chi connectivity index (χ3n) is 5.86. The number of hydrogen-bond donors (Lipinski definition) is 1. The van der Waals surface area contributed by atoms with Gasteiger partial charge in [-0.2, -0.15) is 0 Å². The second kappa shape index (κ2) is 13.4. The number of pyridine rings is 1. The molecule has 210 valence electrons. The van der Waals surface area contributed by atoms with Crippen molar-refractivity contribution >= 4 is 33.3 Å². The smallest absolute Gasteiger partial charge is 0.293 e. The quantitative estimate of drug-likeness (QED) is 0.408. The lowest BCUT2D eigenvalue weighted by Gasteiger charge is -2.29. The van der Waals surface area contributed by atoms with Crippen LogP contribution in [0.4, 0.5) is 4.39 Å². The van der Waals surface area contributed by atoms with E-state index in [1.165, 1.54) is 31.6 Å². The number of rotatable bonds is 8. The lowest BCUT2D eigenvalue weighted by molar-refractivity contribution is -0.132. The first-order valence-electron chi connectivity index (χ1n) is 12.4. The van der Waals surface area contributed by atoms with Crippen LogP contribution in [-0.2, 0) is 24.3 Å². The number of benzene rings is 1. The Morgan fingerprint density at radius 2 is 1.92 bits per heavy atom. The molecular formula is C26H32FN5O6S. The zero-order valence-electron chi connectivity index (χ0n) is 22.3. The summed E-state index contributed by atoms with van der Waals surface area (Å²) in [6, 6.07) is 5.10. The van der Waals surface area contributed by atoms with E-state index in [0.29, 0.717) is 23.3 Å². The minimum absolute atomic E-state index is 0.0125. The average Bonchev–Trinajstić information content (AvgIpc) is 2.90. The van der Waals surface area contributed by atoms with Crippen molar-refractivity contribution in [1.82, 2.24) is 24.6 Å². The highest BCUT2D eigenvalue weighted by atomic mass is 32.2. The number of amides is 1. The van der Waals surface area contributed by atoms with Crippen molar-refractivity contribution < 1.29 is 31.9 Å². The van der Waals surface area contributed by atoms with Crippen molar-refractivity contribution in [1.29, 1.82) is 0 Å². The lowest BCUT2D eigenvalue weighted by Crippen LogP contribution is -2.35. The van der Waals surface area contributed by atoms with Crippen LogP contribution in [0.15, 0.2) is 41.7 Å². The van der Waals surface area contributed by atoms with Crippen LogP contribution in [0.2, 0.25) is 0 Å². The molecule has 0 radical (unpaired) electrons. The second-order valence-electron chi connectivity index (χ2n) is 9.16. The Kier molecular flexibility index (Phi) is 10.2. The van der Waals surface area contributed by atoms with Gasteiger partial charge in [-0.3, -0.25) is 14.6 Å². The van der Waals surface area contributed by atoms with Crippen LogP contribution >= 0.6 is 0 Å². The molecule has 0 bridgehead atoms. The molecule has 1 N–H and O–H groups in total. The number of ether oxygens (including phenoxy) is 2. The molecule has 4 rings (SSSR count). The maximum Gasteiger partial charge on any atom is 0.293 e. The van der Waals surface area contributed by atoms with Crippen LogP contribution in [0.1, 0.15) is 40.0 Å². The first kappa shape index (κ1) is 29.8. The highest BCUT2D eigenvalue weighted by Crippen LogP contribution is 2.32. The van der Waals surface area contributed by atoms with Crippen molar-refractivity contribution in [2.45, 2.75) is 57.1 Å². The number of nitrogens with zero attached hydrogens (tertiary/aromatic N) is 4. The monoisotopic (exact) mass is 561 g/mol. The Morgan fingerprint density at radius 3 is 2.51 bits per heavy atom. The topological polar surface area (TPSA) is 141 Å². The van der Waals surface area contributed by atoms with Crippen LogP contribution in [0.25, 0.3) is 22.2 Å². The summed E-state index contributed by atoms with van der Waals surface area (Å²) < 4.78 is 52.0. The molecule has 0 unspecified atom stereocenters. The number of fused-ring (bicyclic) bond motifs is 1. The van der Waals surface area contributed by atoms with Crippen molar-refractivity contribution in [3.63, 3.8) is 0 Å². The molecular weight excluding hydrogens is 529 g/mol. The van der Waals surface area contributed by atoms with Crippen LogP contribution in [-0.4, -0.2) is 73.0 Å². The van der Waals surface area contributed by atoms with Gasteiger partial charge in [-0.05, 0) is 58.0 Å². The highest BCUT2D eigenvalue weighted by molar-refractivity contribution is 7.90. The summed E-state index contributed by atoms with van der Waals surface area (Å²) in [4.78, 5) is 35.6. The first-order chi connectivity index (χ1) is 18.6. The molecule has 0 atom stereocenters. The maximum absolute atomic E-state index is 15.0. The van der Waals surface area contributed by atoms with Gasteiger partial charge >= 0.3 is 0 Å². The number of carbonyl (C=O) groups is 2. The van der Waals surface area contributed by atoms with E-state index < -0.39 is 21.7 Å². The van der Waals surface area contributed by atoms with Crippen molar-refractivity contribution in [3.05, 3.63) is 42.6 Å². The fourth-order valence-corrected chi connectivity index (χ4v) is 4.83. The van der Waals surface area contributed by atoms with Crippen molar-refractivity contribution in [2.24, 2.45) is 0 Å². The molecule has 1 saturated heterocycles. The summed E-state index contributed by atoms with van der Waals surface area (Å²) in [6.45, 7) is 7.43. The largest absolute Gasteiger partial charge is 0.474 e. The van der Waals surface area contributed by atoms with Gasteiger partial charge in [-0.25, -0.2) is 27.5 Å². The lowest BCUT2D eigenvalue weighted by atomic mass is 10.1. The predicted octanol–water partition coefficient (Wildman–Crippen LogP) is 3.09. The Balaban J connectivity index is 0.000000631. The van der Waals surface area contributed by atoms with Crippen LogP contribution in [0.3, 0.4) is 0 Å². The van der Waals surface area contributed by atoms with Crippen molar-refractivity contribution in [2.75, 3.05) is 20.1 Å². The molecule has 1 aromatic carbocycles. The number of hydrogen-bond acceptors (Lipinski definition) is 10. The summed E-state index contributed by atoms with van der Waals surface area (Å²) in [5.41, 5.74) is 0.705. The van der Waals surface area contributed by atoms with Gasteiger partial charge < -0.3 is 14.4 Å². The molecule has 2 aromatic heterocycles. The summed E-state index contributed by atoms with van der Waals surface area (Å²) in [6.07, 6.45) is 4.64. The number of likely N-dealkylation sites (tertiary alicyclic amines) is 1. The van der Waals surface area contributed by atoms with E-state index in [-0.39, 0.29) is 34.8 Å². The Bertz CT molecular complexity index is 1410. The molecule has 3 aromatic rings. The van der Waals surface area contributed by atoms with E-state index in [1.807, 2.05) is 4.72 Å². The summed E-state index contributed by atoms with van der Waals surface area (Å²) >= 11 is 0. The molecule has 1 aliphatic heterocycles. The van der Waals surface area contributed by atoms with Gasteiger partial charge in [0.05, 0.1) is 22.1 Å². The van der Waals surface area contributed by atoms with E-state index in [4.69, 9.17) is 4.74 Å². The van der Waals surface area contributed by atoms with Crippen molar-refractivity contribution in [3.8, 4) is 17.1 Å². The van der Waals surface area contributed by atoms with Gasteiger partial charge in [0.2, 0.25) is 11.8 Å². The van der Waals surface area contributed by atoms with Crippen LogP contribution in [0.5, 0.6) is 5.88 Å². The molecule has 3 heterocycles. The molecule has 0 spiro atoms. The van der Waals surface area contributed by atoms with Gasteiger partial charge in [0.1, 0.15) is 23.8 Å². The van der Waals surface area contributed by atoms with Gasteiger partial charge in [-0.1, -0.05) is 6.92 Å². The zero-order chi connectivity index (χ0) is 28.6. The standard InChI is InChI=1S/C22H24FN5O4S.C4H8O2/c1-3-19(29)27-33(30,31)15-4-5-16(18(23)12-15)20-21-17(6-9-24-20)22(26-13-25-21)32-14-7-10-28(2)11-8-14;1-4(2)6-3-5/h4-6,9,12-14H,3,7-8,10-11H2,1-2H3,(H,27,29);3-4H,1-2H3. The molecule has 1 amide bonds. The van der Waals surface area contributed by atoms with Gasteiger partial charge in [0.25, 0.3) is 16.5 Å². The second-order valence-corrected chi connectivity index (χ2v) is 10.8. The predicted molar refractivity (Wildman–Crippen MR) is 142 cm³/mol. The van der Waals surface area contributed by atoms with Gasteiger partial charge in [0.15, 0.2) is 0 Å². The van der Waals surface area contributed by atoms with Crippen LogP contribution < -0.4 is 9.46 Å². The van der Waals surface area contributed by atoms with Gasteiger partial charge in [-0.15, -0.1) is 0 Å². The normalized spacial score (nSPS) is 14.4. The number of sulfonamides is 1. The maximum atomic E-state index is 15.0. The molecule has 1 aliphatic rings. The minimum atomic E-state index is -4.17. The Morgan fingerprint density at radius 1 is 1.21 bits per heavy atom. The fourth-order valence-electron chi connectivity index (χ4n) is 3.76. The third-order valence-corrected chi connectivity index (χ3v) is 7.23. The summed E-state index contributed by atoms with van der Waals surface area (Å²) in [5, 5.41) is 0.590. The summed E-state index contributed by atoms with van der Waals surface area (Å²) in [5.74, 6) is -1.08. The van der Waals surface area contributed by atoms with Gasteiger partial charge in [0, 0.05) is 31.3 Å². The molecule has 0 aliphatic carbocycles. The van der Waals surface area contributed by atoms with E-state index in [1.54, 1.807) is 19.9 Å². The molecule has 39 heavy (non-hydrogen) atoms. The molecule has 1 fully saturated rings. The number of nitrogens with one attached hydrogen (secondary N) is 1. The van der Waals surface area contributed by atoms with E-state index in [9.17, 15) is 18.0 Å². The fraction of sp³-hybridized carbons (Fsp3) is 0.423. The Labute approximate surface area is 226 Å². The molecule has 11 nitrogen and oxygen atoms in total. The van der Waals surface area contributed by atoms with E-state index in [2.05, 4.69) is 31.6 Å². The SMILES string of the molecule is CC(C)OC=O.CCC(=O)NS(=O)(=O)c1ccc(-c2nccc3c(OC4CCN(C)CC4)ncnc23)c(F)c1. The highest BCUT2D eigenvalue weighted by Gasteiger charge is 2.23. The molecule has 13 heteroatoms. The third kappa shape index (κ3) is 7.90. The number of carbonyl (C=O) groups excluding carboxylic acids is 2. The van der Waals surface area contributed by atoms with E-state index >= 15 is 4.39 Å². The average molecular weight is 562 g/mol. The molecule has 0 saturated carbocycles. The first-order valence-corrected chi connectivity index (χ1v) is 13.9. The number of halogens is 1. The Hall–Kier alpha value is -3.71.